The van der Waals surface area contributed by atoms with Gasteiger partial charge < -0.3 is 0 Å². The van der Waals surface area contributed by atoms with Crippen molar-refractivity contribution in [3.63, 3.8) is 0 Å². The van der Waals surface area contributed by atoms with Crippen molar-refractivity contribution >= 4 is 47.7 Å². The summed E-state index contributed by atoms with van der Waals surface area (Å²) in [5, 5.41) is 0. The van der Waals surface area contributed by atoms with Crippen LogP contribution in [0.2, 0.25) is 0 Å². The van der Waals surface area contributed by atoms with Gasteiger partial charge in [0.1, 0.15) is 16.5 Å². The van der Waals surface area contributed by atoms with Crippen LogP contribution in [0.4, 0.5) is 10.2 Å². The van der Waals surface area contributed by atoms with Gasteiger partial charge in [0, 0.05) is 15.1 Å². The largest absolute Gasteiger partial charge is 0.265 e. The lowest BCUT2D eigenvalue weighted by molar-refractivity contribution is 0.569. The first-order chi connectivity index (χ1) is 8.88. The Bertz CT molecular complexity index is 705. The molecule has 0 saturated heterocycles. The van der Waals surface area contributed by atoms with Crippen LogP contribution in [0.1, 0.15) is 0 Å². The predicted molar refractivity (Wildman–Crippen MR) is 76.8 cm³/mol. The molecule has 0 unspecified atom stereocenters. The van der Waals surface area contributed by atoms with Gasteiger partial charge in [0.25, 0.3) is 10.0 Å². The number of aromatic nitrogens is 1. The number of pyridine rings is 1. The second-order valence-electron chi connectivity index (χ2n) is 3.54. The summed E-state index contributed by atoms with van der Waals surface area (Å²) in [6.07, 6.45) is 1.44. The van der Waals surface area contributed by atoms with Gasteiger partial charge >= 0.3 is 0 Å². The summed E-state index contributed by atoms with van der Waals surface area (Å²) in [4.78, 5) is 3.44. The highest BCUT2D eigenvalue weighted by Crippen LogP contribution is 2.21. The molecule has 1 heterocycles. The molecule has 0 spiro atoms. The van der Waals surface area contributed by atoms with E-state index in [1.807, 2.05) is 0 Å². The molecule has 0 amide bonds. The summed E-state index contributed by atoms with van der Waals surface area (Å²) >= 11 is 6.25. The fourth-order valence-corrected chi connectivity index (χ4v) is 2.96. The average Bonchev–Trinajstić information content (AvgIpc) is 2.31. The van der Waals surface area contributed by atoms with Crippen LogP contribution >= 0.6 is 31.9 Å². The topological polar surface area (TPSA) is 59.1 Å². The Balaban J connectivity index is 2.35. The minimum absolute atomic E-state index is 0.116. The number of hydrogen-bond donors (Lipinski definition) is 1. The molecule has 0 radical (unpaired) electrons. The SMILES string of the molecule is O=S(=O)(Nc1ccc(Br)cn1)c1ccc(Br)cc1F. The van der Waals surface area contributed by atoms with Crippen LogP contribution in [-0.2, 0) is 10.0 Å². The molecule has 100 valence electrons. The van der Waals surface area contributed by atoms with Crippen LogP contribution < -0.4 is 4.72 Å². The smallest absolute Gasteiger partial charge is 0.263 e. The van der Waals surface area contributed by atoms with E-state index in [9.17, 15) is 12.8 Å². The summed E-state index contributed by atoms with van der Waals surface area (Å²) in [6.45, 7) is 0. The Hall–Kier alpha value is -0.990. The van der Waals surface area contributed by atoms with Gasteiger partial charge in [-0.25, -0.2) is 17.8 Å². The molecule has 2 rings (SSSR count). The summed E-state index contributed by atoms with van der Waals surface area (Å²) in [6, 6.07) is 6.82. The lowest BCUT2D eigenvalue weighted by Crippen LogP contribution is -2.15. The van der Waals surface area contributed by atoms with E-state index in [1.54, 1.807) is 6.07 Å². The number of hydrogen-bond acceptors (Lipinski definition) is 3. The van der Waals surface area contributed by atoms with Crippen molar-refractivity contribution in [1.82, 2.24) is 4.98 Å². The third kappa shape index (κ3) is 3.52. The highest BCUT2D eigenvalue weighted by atomic mass is 79.9. The molecular weight excluding hydrogens is 403 g/mol. The van der Waals surface area contributed by atoms with Gasteiger partial charge in [-0.15, -0.1) is 0 Å². The maximum absolute atomic E-state index is 13.6. The third-order valence-corrected chi connectivity index (χ3v) is 4.50. The van der Waals surface area contributed by atoms with E-state index < -0.39 is 20.7 Å². The number of benzene rings is 1. The molecule has 1 N–H and O–H groups in total. The number of rotatable bonds is 3. The van der Waals surface area contributed by atoms with Crippen LogP contribution in [0.5, 0.6) is 0 Å². The van der Waals surface area contributed by atoms with Crippen LogP contribution in [0.25, 0.3) is 0 Å². The fourth-order valence-electron chi connectivity index (χ4n) is 1.32. The molecule has 0 aliphatic rings. The van der Waals surface area contributed by atoms with Crippen LogP contribution in [-0.4, -0.2) is 13.4 Å². The predicted octanol–water partition coefficient (Wildman–Crippen LogP) is 3.55. The van der Waals surface area contributed by atoms with Gasteiger partial charge in [0.15, 0.2) is 0 Å². The van der Waals surface area contributed by atoms with Crippen molar-refractivity contribution in [2.45, 2.75) is 4.90 Å². The minimum Gasteiger partial charge on any atom is -0.263 e. The number of anilines is 1. The van der Waals surface area contributed by atoms with E-state index in [-0.39, 0.29) is 5.82 Å². The van der Waals surface area contributed by atoms with E-state index in [0.29, 0.717) is 8.95 Å². The van der Waals surface area contributed by atoms with Crippen molar-refractivity contribution in [3.05, 3.63) is 51.3 Å². The van der Waals surface area contributed by atoms with Gasteiger partial charge in [-0.3, -0.25) is 4.72 Å². The lowest BCUT2D eigenvalue weighted by atomic mass is 10.3. The first kappa shape index (κ1) is 14.4. The monoisotopic (exact) mass is 408 g/mol. The molecule has 0 saturated carbocycles. The van der Waals surface area contributed by atoms with E-state index in [4.69, 9.17) is 0 Å². The Morgan fingerprint density at radius 3 is 2.37 bits per heavy atom. The molecule has 19 heavy (non-hydrogen) atoms. The molecule has 0 bridgehead atoms. The number of sulfonamides is 1. The quantitative estimate of drug-likeness (QED) is 0.843. The minimum atomic E-state index is -4.00. The molecule has 0 aliphatic heterocycles. The molecule has 8 heteroatoms. The highest BCUT2D eigenvalue weighted by molar-refractivity contribution is 9.10. The number of nitrogens with zero attached hydrogens (tertiary/aromatic N) is 1. The van der Waals surface area contributed by atoms with E-state index >= 15 is 0 Å². The molecular formula is C11H7Br2FN2O2S. The van der Waals surface area contributed by atoms with Crippen LogP contribution in [0, 0.1) is 5.82 Å². The number of halogens is 3. The van der Waals surface area contributed by atoms with Gasteiger partial charge in [-0.1, -0.05) is 15.9 Å². The Morgan fingerprint density at radius 2 is 1.79 bits per heavy atom. The zero-order valence-corrected chi connectivity index (χ0v) is 13.3. The zero-order valence-electron chi connectivity index (χ0n) is 9.27. The van der Waals surface area contributed by atoms with Crippen LogP contribution in [0.3, 0.4) is 0 Å². The maximum atomic E-state index is 13.6. The fraction of sp³-hybridized carbons (Fsp3) is 0. The third-order valence-electron chi connectivity index (χ3n) is 2.15. The highest BCUT2D eigenvalue weighted by Gasteiger charge is 2.19. The molecule has 0 fully saturated rings. The first-order valence-electron chi connectivity index (χ1n) is 4.98. The molecule has 0 atom stereocenters. The Kier molecular flexibility index (Phi) is 4.22. The number of nitrogens with one attached hydrogen (secondary N) is 1. The summed E-state index contributed by atoms with van der Waals surface area (Å²) in [5.74, 6) is -0.718. The normalized spacial score (nSPS) is 11.3. The molecule has 2 aromatic rings. The lowest BCUT2D eigenvalue weighted by Gasteiger charge is -2.08. The van der Waals surface area contributed by atoms with Gasteiger partial charge in [-0.2, -0.15) is 0 Å². The van der Waals surface area contributed by atoms with Gasteiger partial charge in [0.05, 0.1) is 0 Å². The zero-order chi connectivity index (χ0) is 14.0. The summed E-state index contributed by atoms with van der Waals surface area (Å²) in [5.41, 5.74) is 0. The second kappa shape index (κ2) is 5.56. The van der Waals surface area contributed by atoms with Gasteiger partial charge in [-0.05, 0) is 46.3 Å². The molecule has 4 nitrogen and oxygen atoms in total. The summed E-state index contributed by atoms with van der Waals surface area (Å²) < 4.78 is 41.0. The first-order valence-corrected chi connectivity index (χ1v) is 8.05. The molecule has 1 aromatic heterocycles. The standard InChI is InChI=1S/C11H7Br2FN2O2S/c12-7-1-3-10(9(14)5-7)19(17,18)16-11-4-2-8(13)6-15-11/h1-6H,(H,15,16). The molecule has 1 aromatic carbocycles. The van der Waals surface area contributed by atoms with E-state index in [0.717, 1.165) is 6.07 Å². The van der Waals surface area contributed by atoms with Crippen molar-refractivity contribution in [3.8, 4) is 0 Å². The second-order valence-corrected chi connectivity index (χ2v) is 7.02. The Morgan fingerprint density at radius 1 is 1.11 bits per heavy atom. The van der Waals surface area contributed by atoms with Crippen molar-refractivity contribution in [1.29, 1.82) is 0 Å². The maximum Gasteiger partial charge on any atom is 0.265 e. The Labute approximate surface area is 126 Å². The summed E-state index contributed by atoms with van der Waals surface area (Å²) in [7, 11) is -4.00. The molecule has 0 aliphatic carbocycles. The van der Waals surface area contributed by atoms with E-state index in [1.165, 1.54) is 24.4 Å². The van der Waals surface area contributed by atoms with Crippen LogP contribution in [0.15, 0.2) is 50.4 Å². The average molecular weight is 410 g/mol. The van der Waals surface area contributed by atoms with Crippen molar-refractivity contribution < 1.29 is 12.8 Å². The van der Waals surface area contributed by atoms with Gasteiger partial charge in [0.2, 0.25) is 0 Å². The van der Waals surface area contributed by atoms with Crippen molar-refractivity contribution in [2.75, 3.05) is 4.72 Å². The van der Waals surface area contributed by atoms with Crippen molar-refractivity contribution in [2.24, 2.45) is 0 Å². The van der Waals surface area contributed by atoms with E-state index in [2.05, 4.69) is 41.6 Å².